The quantitative estimate of drug-likeness (QED) is 0.225. The van der Waals surface area contributed by atoms with Gasteiger partial charge >= 0.3 is 0 Å². The summed E-state index contributed by atoms with van der Waals surface area (Å²) in [7, 11) is 2.02. The Balaban J connectivity index is 1.21. The van der Waals surface area contributed by atoms with E-state index in [1.54, 1.807) is 12.1 Å². The summed E-state index contributed by atoms with van der Waals surface area (Å²) in [4.78, 5) is 15.1. The third-order valence-corrected chi connectivity index (χ3v) is 7.36. The van der Waals surface area contributed by atoms with Crippen LogP contribution in [-0.4, -0.2) is 18.8 Å². The fourth-order valence-corrected chi connectivity index (χ4v) is 5.29. The van der Waals surface area contributed by atoms with Gasteiger partial charge in [0, 0.05) is 41.1 Å². The van der Waals surface area contributed by atoms with Crippen LogP contribution in [0.1, 0.15) is 55.9 Å². The maximum Gasteiger partial charge on any atom is 0.251 e. The Morgan fingerprint density at radius 2 is 1.54 bits per heavy atom. The number of fused-ring (bicyclic) bond motifs is 8. The van der Waals surface area contributed by atoms with Gasteiger partial charge in [0.1, 0.15) is 18.0 Å². The van der Waals surface area contributed by atoms with Crippen LogP contribution in [0.3, 0.4) is 0 Å². The number of amides is 1. The topological polar surface area (TPSA) is 91.4 Å². The van der Waals surface area contributed by atoms with Crippen molar-refractivity contribution in [2.75, 3.05) is 11.9 Å². The van der Waals surface area contributed by atoms with Gasteiger partial charge in [-0.2, -0.15) is 0 Å². The molecule has 4 aromatic carbocycles. The van der Waals surface area contributed by atoms with Gasteiger partial charge in [0.05, 0.1) is 0 Å². The van der Waals surface area contributed by atoms with Crippen LogP contribution in [0.15, 0.2) is 84.9 Å². The molecule has 0 unspecified atom stereocenters. The highest BCUT2D eigenvalue weighted by Gasteiger charge is 2.43. The van der Waals surface area contributed by atoms with Gasteiger partial charge in [0.25, 0.3) is 5.91 Å². The highest BCUT2D eigenvalue weighted by molar-refractivity contribution is 6.30. The summed E-state index contributed by atoms with van der Waals surface area (Å²) in [6.07, 6.45) is -0.313. The molecule has 0 aliphatic carbocycles. The molecule has 184 valence electrons. The largest absolute Gasteiger partial charge is 0.384 e. The summed E-state index contributed by atoms with van der Waals surface area (Å²) in [6.45, 7) is 0.388. The van der Waals surface area contributed by atoms with E-state index in [1.807, 2.05) is 61.6 Å². The van der Waals surface area contributed by atoms with Crippen molar-refractivity contribution in [2.45, 2.75) is 18.8 Å². The average molecular weight is 509 g/mol. The molecule has 0 radical (unpaired) electrons. The third kappa shape index (κ3) is 4.14. The first-order valence-electron chi connectivity index (χ1n) is 12.0. The van der Waals surface area contributed by atoms with Gasteiger partial charge in [-0.1, -0.05) is 54.1 Å². The molecule has 0 fully saturated rings. The Bertz CT molecular complexity index is 1550. The summed E-state index contributed by atoms with van der Waals surface area (Å²) < 4.78 is 6.37. The molecule has 0 saturated carbocycles. The van der Waals surface area contributed by atoms with Crippen molar-refractivity contribution in [3.8, 4) is 0 Å². The Morgan fingerprint density at radius 3 is 2.27 bits per heavy atom. The van der Waals surface area contributed by atoms with E-state index in [9.17, 15) is 4.79 Å². The number of nitrogens with one attached hydrogen (secondary N) is 2. The second-order valence-corrected chi connectivity index (χ2v) is 9.82. The number of anilines is 2. The molecule has 4 aromatic rings. The van der Waals surface area contributed by atoms with Gasteiger partial charge in [-0.15, -0.1) is 0 Å². The molecule has 7 heteroatoms. The predicted octanol–water partition coefficient (Wildman–Crippen LogP) is 5.84. The molecular weight excluding hydrogens is 484 g/mol. The van der Waals surface area contributed by atoms with E-state index in [0.717, 1.165) is 33.6 Å². The van der Waals surface area contributed by atoms with Crippen LogP contribution in [0.25, 0.3) is 0 Å². The normalized spacial score (nSPS) is 16.7. The Labute approximate surface area is 220 Å². The van der Waals surface area contributed by atoms with Crippen molar-refractivity contribution in [3.05, 3.63) is 129 Å². The number of halogens is 1. The minimum Gasteiger partial charge on any atom is -0.384 e. The number of ether oxygens (including phenoxy) is 1. The zero-order valence-electron chi connectivity index (χ0n) is 20.2. The molecule has 6 rings (SSSR count). The molecule has 0 spiro atoms. The van der Waals surface area contributed by atoms with Crippen LogP contribution in [-0.2, 0) is 11.3 Å². The van der Waals surface area contributed by atoms with Crippen molar-refractivity contribution in [1.82, 2.24) is 5.32 Å². The third-order valence-electron chi connectivity index (χ3n) is 7.12. The van der Waals surface area contributed by atoms with Crippen LogP contribution in [0.5, 0.6) is 0 Å². The van der Waals surface area contributed by atoms with E-state index in [4.69, 9.17) is 27.5 Å². The molecule has 2 aliphatic heterocycles. The van der Waals surface area contributed by atoms with Crippen molar-refractivity contribution in [1.29, 1.82) is 5.41 Å². The number of carbonyl (C=O) groups excluding carboxylic acids is 1. The maximum absolute atomic E-state index is 12.9. The first kappa shape index (κ1) is 23.3. The van der Waals surface area contributed by atoms with Gasteiger partial charge in [-0.25, -0.2) is 0 Å². The minimum absolute atomic E-state index is 0.0232. The first-order chi connectivity index (χ1) is 17.9. The number of hydrogen-bond donors (Lipinski definition) is 3. The van der Waals surface area contributed by atoms with Gasteiger partial charge in [0.15, 0.2) is 0 Å². The Morgan fingerprint density at radius 1 is 0.892 bits per heavy atom. The molecule has 2 bridgehead atoms. The summed E-state index contributed by atoms with van der Waals surface area (Å²) in [5.41, 5.74) is 14.2. The van der Waals surface area contributed by atoms with Gasteiger partial charge in [-0.05, 0) is 70.3 Å². The van der Waals surface area contributed by atoms with E-state index in [-0.39, 0.29) is 24.0 Å². The van der Waals surface area contributed by atoms with Crippen LogP contribution in [0, 0.1) is 5.41 Å². The van der Waals surface area contributed by atoms with Gasteiger partial charge in [0.2, 0.25) is 0 Å². The second kappa shape index (κ2) is 9.07. The number of benzene rings is 4. The number of amidine groups is 1. The highest BCUT2D eigenvalue weighted by Crippen LogP contribution is 2.55. The molecule has 37 heavy (non-hydrogen) atoms. The van der Waals surface area contributed by atoms with Crippen molar-refractivity contribution in [2.24, 2.45) is 5.73 Å². The molecule has 2 aliphatic rings. The number of nitrogen functional groups attached to an aromatic ring is 1. The van der Waals surface area contributed by atoms with E-state index in [2.05, 4.69) is 28.4 Å². The number of nitrogens with two attached hydrogens (primary N) is 1. The summed E-state index contributed by atoms with van der Waals surface area (Å²) in [6, 6.07) is 27.3. The van der Waals surface area contributed by atoms with Crippen LogP contribution in [0.2, 0.25) is 5.02 Å². The lowest BCUT2D eigenvalue weighted by Gasteiger charge is -2.23. The van der Waals surface area contributed by atoms with Gasteiger partial charge < -0.3 is 20.7 Å². The van der Waals surface area contributed by atoms with Crippen LogP contribution >= 0.6 is 11.6 Å². The summed E-state index contributed by atoms with van der Waals surface area (Å²) in [5, 5.41) is 11.2. The van der Waals surface area contributed by atoms with Crippen LogP contribution in [0.4, 0.5) is 11.4 Å². The van der Waals surface area contributed by atoms with Crippen molar-refractivity contribution >= 4 is 34.7 Å². The predicted molar refractivity (Wildman–Crippen MR) is 146 cm³/mol. The highest BCUT2D eigenvalue weighted by atomic mass is 35.5. The van der Waals surface area contributed by atoms with E-state index >= 15 is 0 Å². The molecule has 4 N–H and O–H groups in total. The van der Waals surface area contributed by atoms with E-state index < -0.39 is 0 Å². The van der Waals surface area contributed by atoms with E-state index in [1.165, 1.54) is 5.56 Å². The van der Waals surface area contributed by atoms with Crippen molar-refractivity contribution < 1.29 is 9.53 Å². The molecule has 2 atom stereocenters. The first-order valence-corrected chi connectivity index (χ1v) is 12.4. The fraction of sp³-hybridized carbons (Fsp3) is 0.133. The van der Waals surface area contributed by atoms with Gasteiger partial charge in [-0.3, -0.25) is 10.2 Å². The fourth-order valence-electron chi connectivity index (χ4n) is 5.10. The SMILES string of the molecule is CN(c1cccc(Cl)c1)c1ccc2c(c1)[C@H]1O[C@@H]2c2ccc(C(=O)NCc3ccc(C(=N)N)cc3)cc21. The van der Waals surface area contributed by atoms with E-state index in [0.29, 0.717) is 22.7 Å². The Kier molecular flexibility index (Phi) is 5.71. The summed E-state index contributed by atoms with van der Waals surface area (Å²) >= 11 is 6.20. The minimum atomic E-state index is -0.199. The standard InChI is InChI=1S/C30H25ClN4O2/c1-35(21-4-2-3-20(31)14-21)22-10-12-24-26(15-22)28-25-13-19(9-11-23(25)27(24)37-28)30(36)34-16-17-5-7-18(8-6-17)29(32)33/h2-15,27-28H,16H2,1H3,(H3,32,33)(H,34,36)/t27-,28+/m1/s1. The molecule has 6 nitrogen and oxygen atoms in total. The maximum atomic E-state index is 12.9. The number of rotatable bonds is 6. The molecule has 2 heterocycles. The molecule has 1 amide bonds. The molecule has 0 saturated heterocycles. The number of carbonyl (C=O) groups is 1. The van der Waals surface area contributed by atoms with Crippen molar-refractivity contribution in [3.63, 3.8) is 0 Å². The second-order valence-electron chi connectivity index (χ2n) is 9.39. The average Bonchev–Trinajstić information content (AvgIpc) is 3.48. The summed E-state index contributed by atoms with van der Waals surface area (Å²) in [5.74, 6) is -0.120. The molecular formula is C30H25ClN4O2. The number of hydrogen-bond acceptors (Lipinski definition) is 4. The monoisotopic (exact) mass is 508 g/mol. The lowest BCUT2D eigenvalue weighted by molar-refractivity contribution is 0.0857. The lowest BCUT2D eigenvalue weighted by atomic mass is 9.85. The van der Waals surface area contributed by atoms with Crippen LogP contribution < -0.4 is 16.0 Å². The zero-order chi connectivity index (χ0) is 25.7. The Hall–Kier alpha value is -4.13. The number of nitrogens with zero attached hydrogens (tertiary/aromatic N) is 1. The zero-order valence-corrected chi connectivity index (χ0v) is 20.9. The smallest absolute Gasteiger partial charge is 0.251 e. The molecule has 0 aromatic heterocycles. The lowest BCUT2D eigenvalue weighted by Crippen LogP contribution is -2.23.